The van der Waals surface area contributed by atoms with Crippen molar-refractivity contribution in [1.29, 1.82) is 0 Å². The molecule has 0 radical (unpaired) electrons. The van der Waals surface area contributed by atoms with Gasteiger partial charge >= 0.3 is 0 Å². The number of nitrogens with one attached hydrogen (secondary N) is 1. The zero-order valence-electron chi connectivity index (χ0n) is 11.4. The Morgan fingerprint density at radius 3 is 2.71 bits per heavy atom. The third-order valence-corrected chi connectivity index (χ3v) is 5.25. The molecule has 3 heteroatoms. The zero-order valence-corrected chi connectivity index (χ0v) is 13.0. The van der Waals surface area contributed by atoms with Crippen molar-refractivity contribution in [3.63, 3.8) is 0 Å². The van der Waals surface area contributed by atoms with Gasteiger partial charge in [-0.25, -0.2) is 4.39 Å². The number of anilines is 1. The van der Waals surface area contributed by atoms with Crippen molar-refractivity contribution in [1.82, 2.24) is 0 Å². The van der Waals surface area contributed by atoms with E-state index < -0.39 is 0 Å². The van der Waals surface area contributed by atoms with Crippen molar-refractivity contribution < 1.29 is 4.39 Å². The maximum Gasteiger partial charge on any atom is 0.128 e. The van der Waals surface area contributed by atoms with Crippen molar-refractivity contribution in [2.24, 2.45) is 5.92 Å². The lowest BCUT2D eigenvalue weighted by atomic mass is 9.77. The molecular formula is C18H15BrFN. The van der Waals surface area contributed by atoms with Crippen LogP contribution in [0.5, 0.6) is 0 Å². The molecule has 0 spiro atoms. The van der Waals surface area contributed by atoms with Crippen LogP contribution < -0.4 is 5.32 Å². The minimum atomic E-state index is -0.129. The van der Waals surface area contributed by atoms with Crippen LogP contribution in [0.3, 0.4) is 0 Å². The van der Waals surface area contributed by atoms with Gasteiger partial charge in [-0.3, -0.25) is 0 Å². The summed E-state index contributed by atoms with van der Waals surface area (Å²) in [6, 6.07) is 13.4. The van der Waals surface area contributed by atoms with E-state index in [-0.39, 0.29) is 11.9 Å². The summed E-state index contributed by atoms with van der Waals surface area (Å²) < 4.78 is 15.3. The molecule has 2 aromatic carbocycles. The summed E-state index contributed by atoms with van der Waals surface area (Å²) in [5.41, 5.74) is 3.16. The fourth-order valence-corrected chi connectivity index (χ4v) is 4.11. The van der Waals surface area contributed by atoms with Crippen LogP contribution in [0.25, 0.3) is 0 Å². The topological polar surface area (TPSA) is 12.0 Å². The standard InChI is InChI=1S/C18H15BrFN/c19-15-9-4-8-13-11-6-3-7-12(11)17(21-18(13)15)14-5-1-2-10-16(14)20/h1-6,8-12,17,21H,7H2/t11-,12+,17+/m0/s1. The average molecular weight is 344 g/mol. The second-order valence-corrected chi connectivity index (χ2v) is 6.56. The van der Waals surface area contributed by atoms with Crippen LogP contribution in [-0.2, 0) is 0 Å². The number of allylic oxidation sites excluding steroid dienone is 2. The maximum absolute atomic E-state index is 14.2. The van der Waals surface area contributed by atoms with Gasteiger partial charge in [0.25, 0.3) is 0 Å². The number of rotatable bonds is 1. The number of fused-ring (bicyclic) bond motifs is 3. The molecule has 0 saturated carbocycles. The first-order valence-electron chi connectivity index (χ1n) is 7.22. The Morgan fingerprint density at radius 1 is 1.05 bits per heavy atom. The van der Waals surface area contributed by atoms with Gasteiger partial charge in [0.2, 0.25) is 0 Å². The van der Waals surface area contributed by atoms with Crippen LogP contribution in [-0.4, -0.2) is 0 Å². The van der Waals surface area contributed by atoms with E-state index in [1.807, 2.05) is 18.2 Å². The highest BCUT2D eigenvalue weighted by Crippen LogP contribution is 2.51. The number of halogens is 2. The summed E-state index contributed by atoms with van der Waals surface area (Å²) in [6.07, 6.45) is 5.48. The van der Waals surface area contributed by atoms with Gasteiger partial charge in [-0.2, -0.15) is 0 Å². The summed E-state index contributed by atoms with van der Waals surface area (Å²) in [5, 5.41) is 3.57. The average Bonchev–Trinajstić information content (AvgIpc) is 2.97. The minimum absolute atomic E-state index is 0.0115. The fraction of sp³-hybridized carbons (Fsp3) is 0.222. The molecule has 106 valence electrons. The summed E-state index contributed by atoms with van der Waals surface area (Å²) in [6.45, 7) is 0. The van der Waals surface area contributed by atoms with E-state index in [9.17, 15) is 4.39 Å². The molecule has 0 saturated heterocycles. The normalized spacial score (nSPS) is 26.1. The summed E-state index contributed by atoms with van der Waals surface area (Å²) in [4.78, 5) is 0. The van der Waals surface area contributed by atoms with Crippen molar-refractivity contribution in [2.75, 3.05) is 5.32 Å². The first-order valence-corrected chi connectivity index (χ1v) is 8.01. The molecule has 1 N–H and O–H groups in total. The molecule has 0 bridgehead atoms. The Labute approximate surface area is 132 Å². The number of hydrogen-bond acceptors (Lipinski definition) is 1. The van der Waals surface area contributed by atoms with E-state index in [0.29, 0.717) is 11.8 Å². The highest BCUT2D eigenvalue weighted by Gasteiger charge is 2.39. The van der Waals surface area contributed by atoms with Crippen molar-refractivity contribution in [3.8, 4) is 0 Å². The van der Waals surface area contributed by atoms with Crippen LogP contribution >= 0.6 is 15.9 Å². The maximum atomic E-state index is 14.2. The fourth-order valence-electron chi connectivity index (χ4n) is 3.62. The zero-order chi connectivity index (χ0) is 14.4. The molecule has 1 nitrogen and oxygen atoms in total. The van der Waals surface area contributed by atoms with Gasteiger partial charge in [0.15, 0.2) is 0 Å². The van der Waals surface area contributed by atoms with Gasteiger partial charge in [0.1, 0.15) is 5.82 Å². The van der Waals surface area contributed by atoms with Gasteiger partial charge < -0.3 is 5.32 Å². The lowest BCUT2D eigenvalue weighted by Gasteiger charge is -2.38. The summed E-state index contributed by atoms with van der Waals surface area (Å²) in [5.74, 6) is 0.614. The molecule has 1 aliphatic heterocycles. The molecule has 2 aromatic rings. The molecular weight excluding hydrogens is 329 g/mol. The second-order valence-electron chi connectivity index (χ2n) is 5.70. The minimum Gasteiger partial charge on any atom is -0.377 e. The highest BCUT2D eigenvalue weighted by molar-refractivity contribution is 9.10. The largest absolute Gasteiger partial charge is 0.377 e. The van der Waals surface area contributed by atoms with Gasteiger partial charge in [-0.05, 0) is 46.0 Å². The lowest BCUT2D eigenvalue weighted by molar-refractivity contribution is 0.413. The van der Waals surface area contributed by atoms with Gasteiger partial charge in [0, 0.05) is 16.0 Å². The Bertz CT molecular complexity index is 725. The van der Waals surface area contributed by atoms with Crippen LogP contribution in [0.15, 0.2) is 59.1 Å². The molecule has 4 rings (SSSR count). The monoisotopic (exact) mass is 343 g/mol. The number of para-hydroxylation sites is 1. The smallest absolute Gasteiger partial charge is 0.128 e. The Balaban J connectivity index is 1.85. The number of hydrogen-bond donors (Lipinski definition) is 1. The first kappa shape index (κ1) is 13.1. The van der Waals surface area contributed by atoms with E-state index in [1.165, 1.54) is 5.56 Å². The predicted molar refractivity (Wildman–Crippen MR) is 86.9 cm³/mol. The van der Waals surface area contributed by atoms with Crippen LogP contribution in [0.4, 0.5) is 10.1 Å². The molecule has 1 aliphatic carbocycles. The molecule has 3 atom stereocenters. The molecule has 1 heterocycles. The van der Waals surface area contributed by atoms with Crippen LogP contribution in [0.1, 0.15) is 29.5 Å². The SMILES string of the molecule is Fc1ccccc1[C@@H]1Nc2c(Br)cccc2[C@H]2C=CC[C@H]21. The second kappa shape index (κ2) is 4.99. The lowest BCUT2D eigenvalue weighted by Crippen LogP contribution is -2.29. The van der Waals surface area contributed by atoms with Crippen molar-refractivity contribution in [2.45, 2.75) is 18.4 Å². The van der Waals surface area contributed by atoms with Gasteiger partial charge in [-0.15, -0.1) is 0 Å². The third-order valence-electron chi connectivity index (χ3n) is 4.59. The van der Waals surface area contributed by atoms with E-state index in [0.717, 1.165) is 22.1 Å². The van der Waals surface area contributed by atoms with E-state index >= 15 is 0 Å². The quantitative estimate of drug-likeness (QED) is 0.682. The molecule has 0 fully saturated rings. The third kappa shape index (κ3) is 2.03. The van der Waals surface area contributed by atoms with Crippen molar-refractivity contribution in [3.05, 3.63) is 76.0 Å². The highest BCUT2D eigenvalue weighted by atomic mass is 79.9. The van der Waals surface area contributed by atoms with Gasteiger partial charge in [-0.1, -0.05) is 42.5 Å². The Morgan fingerprint density at radius 2 is 1.86 bits per heavy atom. The summed E-state index contributed by atoms with van der Waals surface area (Å²) in [7, 11) is 0. The molecule has 0 amide bonds. The Hall–Kier alpha value is -1.61. The van der Waals surface area contributed by atoms with E-state index in [2.05, 4.69) is 45.5 Å². The van der Waals surface area contributed by atoms with Crippen LogP contribution in [0, 0.1) is 11.7 Å². The first-order chi connectivity index (χ1) is 10.3. The number of benzene rings is 2. The predicted octanol–water partition coefficient (Wildman–Crippen LogP) is 5.41. The van der Waals surface area contributed by atoms with E-state index in [1.54, 1.807) is 12.1 Å². The van der Waals surface area contributed by atoms with Gasteiger partial charge in [0.05, 0.1) is 11.7 Å². The molecule has 2 aliphatic rings. The molecule has 0 aromatic heterocycles. The molecule has 0 unspecified atom stereocenters. The van der Waals surface area contributed by atoms with Crippen LogP contribution in [0.2, 0.25) is 0 Å². The molecule has 21 heavy (non-hydrogen) atoms. The Kier molecular flexibility index (Phi) is 3.11. The van der Waals surface area contributed by atoms with Crippen molar-refractivity contribution >= 4 is 21.6 Å². The van der Waals surface area contributed by atoms with E-state index in [4.69, 9.17) is 0 Å². The summed E-state index contributed by atoms with van der Waals surface area (Å²) >= 11 is 3.62.